The molecule has 0 aliphatic rings. The Balaban J connectivity index is 2.31. The number of halogens is 4. The highest BCUT2D eigenvalue weighted by Gasteiger charge is 2.32. The summed E-state index contributed by atoms with van der Waals surface area (Å²) in [5, 5.41) is 2.36. The highest BCUT2D eigenvalue weighted by molar-refractivity contribution is 9.10. The number of nitrogens with one attached hydrogen (secondary N) is 1. The lowest BCUT2D eigenvalue weighted by Crippen LogP contribution is -2.16. The number of hydrogen-bond acceptors (Lipinski definition) is 4. The molecule has 24 heavy (non-hydrogen) atoms. The molecule has 0 unspecified atom stereocenters. The number of carbonyl (C=O) groups excluding carboxylic acids is 1. The molecule has 128 valence electrons. The van der Waals surface area contributed by atoms with Crippen molar-refractivity contribution in [2.24, 2.45) is 0 Å². The molecule has 0 bridgehead atoms. The zero-order valence-corrected chi connectivity index (χ0v) is 14.5. The number of benzene rings is 1. The van der Waals surface area contributed by atoms with Gasteiger partial charge in [-0.1, -0.05) is 15.9 Å². The van der Waals surface area contributed by atoms with Crippen molar-refractivity contribution < 1.29 is 26.4 Å². The van der Waals surface area contributed by atoms with Crippen molar-refractivity contribution in [2.45, 2.75) is 11.1 Å². The Morgan fingerprint density at radius 2 is 1.88 bits per heavy atom. The Bertz CT molecular complexity index is 881. The first kappa shape index (κ1) is 18.4. The molecule has 10 heteroatoms. The molecule has 0 radical (unpaired) electrons. The molecule has 1 heterocycles. The van der Waals surface area contributed by atoms with Gasteiger partial charge in [-0.2, -0.15) is 13.2 Å². The van der Waals surface area contributed by atoms with E-state index >= 15 is 0 Å². The Hall–Kier alpha value is -1.94. The molecule has 0 atom stereocenters. The third-order valence-corrected chi connectivity index (χ3v) is 4.54. The molecule has 0 spiro atoms. The number of anilines is 1. The molecule has 1 amide bonds. The zero-order chi connectivity index (χ0) is 18.1. The van der Waals surface area contributed by atoms with Gasteiger partial charge < -0.3 is 5.32 Å². The number of amides is 1. The van der Waals surface area contributed by atoms with Gasteiger partial charge in [-0.15, -0.1) is 0 Å². The van der Waals surface area contributed by atoms with Crippen molar-refractivity contribution in [3.8, 4) is 0 Å². The van der Waals surface area contributed by atoms with Gasteiger partial charge in [0.15, 0.2) is 9.84 Å². The van der Waals surface area contributed by atoms with E-state index in [2.05, 4.69) is 26.2 Å². The zero-order valence-electron chi connectivity index (χ0n) is 12.1. The van der Waals surface area contributed by atoms with E-state index < -0.39 is 27.6 Å². The van der Waals surface area contributed by atoms with Crippen LogP contribution in [0, 0.1) is 0 Å². The minimum absolute atomic E-state index is 0.0191. The van der Waals surface area contributed by atoms with Crippen LogP contribution >= 0.6 is 15.9 Å². The normalized spacial score (nSPS) is 12.0. The van der Waals surface area contributed by atoms with Gasteiger partial charge in [0.05, 0.1) is 16.1 Å². The van der Waals surface area contributed by atoms with E-state index in [0.29, 0.717) is 10.5 Å². The largest absolute Gasteiger partial charge is 0.433 e. The topological polar surface area (TPSA) is 76.1 Å². The molecule has 1 aromatic heterocycles. The van der Waals surface area contributed by atoms with E-state index in [1.165, 1.54) is 18.2 Å². The maximum Gasteiger partial charge on any atom is 0.433 e. The summed E-state index contributed by atoms with van der Waals surface area (Å²) in [5.74, 6) is -0.775. The lowest BCUT2D eigenvalue weighted by atomic mass is 10.2. The van der Waals surface area contributed by atoms with Gasteiger partial charge in [0.25, 0.3) is 5.91 Å². The molecular weight excluding hydrogens is 413 g/mol. The third-order valence-electron chi connectivity index (χ3n) is 2.91. The van der Waals surface area contributed by atoms with Gasteiger partial charge >= 0.3 is 6.18 Å². The summed E-state index contributed by atoms with van der Waals surface area (Å²) in [5.41, 5.74) is -1.24. The van der Waals surface area contributed by atoms with Crippen LogP contribution < -0.4 is 5.32 Å². The van der Waals surface area contributed by atoms with Gasteiger partial charge in [0, 0.05) is 16.9 Å². The Morgan fingerprint density at radius 1 is 1.21 bits per heavy atom. The van der Waals surface area contributed by atoms with E-state index in [0.717, 1.165) is 18.5 Å². The Labute approximate surface area is 144 Å². The third kappa shape index (κ3) is 4.32. The quantitative estimate of drug-likeness (QED) is 0.820. The summed E-state index contributed by atoms with van der Waals surface area (Å²) >= 11 is 3.13. The predicted molar refractivity (Wildman–Crippen MR) is 84.4 cm³/mol. The van der Waals surface area contributed by atoms with Crippen molar-refractivity contribution >= 4 is 37.4 Å². The van der Waals surface area contributed by atoms with Crippen molar-refractivity contribution in [3.63, 3.8) is 0 Å². The highest BCUT2D eigenvalue weighted by Crippen LogP contribution is 2.28. The fourth-order valence-corrected chi connectivity index (χ4v) is 3.17. The summed E-state index contributed by atoms with van der Waals surface area (Å²) in [7, 11) is -3.62. The van der Waals surface area contributed by atoms with Crippen LogP contribution in [-0.4, -0.2) is 25.6 Å². The average Bonchev–Trinajstić information content (AvgIpc) is 2.47. The van der Waals surface area contributed by atoms with Gasteiger partial charge in [0.2, 0.25) is 0 Å². The van der Waals surface area contributed by atoms with E-state index in [9.17, 15) is 26.4 Å². The average molecular weight is 423 g/mol. The SMILES string of the molecule is CS(=O)(=O)c1cc(Br)ccc1NC(=O)c1ccc(C(F)(F)F)nc1. The fraction of sp³-hybridized carbons (Fsp3) is 0.143. The standard InChI is InChI=1S/C14H10BrF3N2O3S/c1-24(22,23)11-6-9(15)3-4-10(11)20-13(21)8-2-5-12(19-7-8)14(16,17)18/h2-7H,1H3,(H,20,21). The number of sulfone groups is 1. The summed E-state index contributed by atoms with van der Waals surface area (Å²) in [6.07, 6.45) is -2.86. The number of hydrogen-bond donors (Lipinski definition) is 1. The van der Waals surface area contributed by atoms with Crippen LogP contribution in [0.5, 0.6) is 0 Å². The molecule has 1 N–H and O–H groups in total. The molecular formula is C14H10BrF3N2O3S. The van der Waals surface area contributed by atoms with E-state index in [-0.39, 0.29) is 16.1 Å². The molecule has 0 aliphatic heterocycles. The predicted octanol–water partition coefficient (Wildman–Crippen LogP) is 3.52. The van der Waals surface area contributed by atoms with Crippen molar-refractivity contribution in [2.75, 3.05) is 11.6 Å². The maximum atomic E-state index is 12.5. The van der Waals surface area contributed by atoms with E-state index in [1.807, 2.05) is 0 Å². The maximum absolute atomic E-state index is 12.5. The molecule has 0 saturated carbocycles. The minimum atomic E-state index is -4.61. The van der Waals surface area contributed by atoms with Crippen LogP contribution in [0.3, 0.4) is 0 Å². The van der Waals surface area contributed by atoms with Crippen LogP contribution in [0.1, 0.15) is 16.1 Å². The second kappa shape index (κ2) is 6.52. The summed E-state index contributed by atoms with van der Waals surface area (Å²) in [6, 6.07) is 5.85. The van der Waals surface area contributed by atoms with Crippen LogP contribution in [-0.2, 0) is 16.0 Å². The second-order valence-corrected chi connectivity index (χ2v) is 7.70. The monoisotopic (exact) mass is 422 g/mol. The lowest BCUT2D eigenvalue weighted by molar-refractivity contribution is -0.141. The van der Waals surface area contributed by atoms with Crippen molar-refractivity contribution in [3.05, 3.63) is 52.3 Å². The van der Waals surface area contributed by atoms with Crippen LogP contribution in [0.25, 0.3) is 0 Å². The first-order chi connectivity index (χ1) is 11.0. The number of alkyl halides is 3. The van der Waals surface area contributed by atoms with Crippen LogP contribution in [0.15, 0.2) is 45.9 Å². The smallest absolute Gasteiger partial charge is 0.321 e. The Morgan fingerprint density at radius 3 is 2.38 bits per heavy atom. The molecule has 0 aliphatic carbocycles. The van der Waals surface area contributed by atoms with Crippen LogP contribution in [0.4, 0.5) is 18.9 Å². The number of rotatable bonds is 3. The Kier molecular flexibility index (Phi) is 5.00. The van der Waals surface area contributed by atoms with Gasteiger partial charge in [0.1, 0.15) is 5.69 Å². The number of pyridine rings is 1. The van der Waals surface area contributed by atoms with E-state index in [1.54, 1.807) is 0 Å². The van der Waals surface area contributed by atoms with Gasteiger partial charge in [-0.05, 0) is 30.3 Å². The summed E-state index contributed by atoms with van der Waals surface area (Å²) in [6.45, 7) is 0. The molecule has 0 fully saturated rings. The number of carbonyl (C=O) groups is 1. The molecule has 5 nitrogen and oxygen atoms in total. The highest BCUT2D eigenvalue weighted by atomic mass is 79.9. The van der Waals surface area contributed by atoms with Gasteiger partial charge in [-0.3, -0.25) is 9.78 Å². The number of aromatic nitrogens is 1. The van der Waals surface area contributed by atoms with Crippen molar-refractivity contribution in [1.29, 1.82) is 0 Å². The second-order valence-electron chi connectivity index (χ2n) is 4.80. The molecule has 0 saturated heterocycles. The van der Waals surface area contributed by atoms with Crippen molar-refractivity contribution in [1.82, 2.24) is 4.98 Å². The molecule has 1 aromatic carbocycles. The lowest BCUT2D eigenvalue weighted by Gasteiger charge is -2.11. The summed E-state index contributed by atoms with van der Waals surface area (Å²) < 4.78 is 61.4. The van der Waals surface area contributed by atoms with Gasteiger partial charge in [-0.25, -0.2) is 8.42 Å². The number of nitrogens with zero attached hydrogens (tertiary/aromatic N) is 1. The molecule has 2 rings (SSSR count). The fourth-order valence-electron chi connectivity index (χ4n) is 1.80. The minimum Gasteiger partial charge on any atom is -0.321 e. The molecule has 2 aromatic rings. The first-order valence-corrected chi connectivity index (χ1v) is 9.01. The van der Waals surface area contributed by atoms with E-state index in [4.69, 9.17) is 0 Å². The van der Waals surface area contributed by atoms with Crippen LogP contribution in [0.2, 0.25) is 0 Å². The first-order valence-electron chi connectivity index (χ1n) is 6.32. The summed E-state index contributed by atoms with van der Waals surface area (Å²) in [4.78, 5) is 15.2.